The van der Waals surface area contributed by atoms with Crippen LogP contribution in [0.2, 0.25) is 5.02 Å². The Morgan fingerprint density at radius 3 is 2.32 bits per heavy atom. The standard InChI is InChI=1S/C22H24ClN5O2S/c1-25-20(16-5-9-19(30-2)10-6-16)24-28(22(25)31)15-26-11-13-27(14-12-26)21(29)17-3-7-18(23)8-4-17/h3-10H,11-15H2,1-2H3. The average molecular weight is 458 g/mol. The van der Waals surface area contributed by atoms with E-state index in [2.05, 4.69) is 4.90 Å². The van der Waals surface area contributed by atoms with E-state index in [4.69, 9.17) is 33.7 Å². The van der Waals surface area contributed by atoms with Gasteiger partial charge in [0.2, 0.25) is 0 Å². The first-order valence-electron chi connectivity index (χ1n) is 10.0. The zero-order valence-electron chi connectivity index (χ0n) is 17.5. The van der Waals surface area contributed by atoms with Gasteiger partial charge in [-0.2, -0.15) is 5.10 Å². The van der Waals surface area contributed by atoms with Gasteiger partial charge < -0.3 is 14.2 Å². The maximum Gasteiger partial charge on any atom is 0.253 e. The SMILES string of the molecule is COc1ccc(-c2nn(CN3CCN(C(=O)c4ccc(Cl)cc4)CC3)c(=S)n2C)cc1. The minimum atomic E-state index is 0.0348. The molecule has 162 valence electrons. The fourth-order valence-electron chi connectivity index (χ4n) is 3.63. The van der Waals surface area contributed by atoms with Crippen LogP contribution in [0.3, 0.4) is 0 Å². The monoisotopic (exact) mass is 457 g/mol. The largest absolute Gasteiger partial charge is 0.497 e. The van der Waals surface area contributed by atoms with E-state index in [1.807, 2.05) is 45.5 Å². The maximum atomic E-state index is 12.7. The second-order valence-corrected chi connectivity index (χ2v) is 8.25. The first kappa shape index (κ1) is 21.5. The van der Waals surface area contributed by atoms with Gasteiger partial charge in [-0.1, -0.05) is 11.6 Å². The molecule has 0 saturated carbocycles. The molecule has 0 bridgehead atoms. The Bertz CT molecular complexity index is 1120. The van der Waals surface area contributed by atoms with Crippen LogP contribution in [-0.2, 0) is 13.7 Å². The van der Waals surface area contributed by atoms with E-state index < -0.39 is 0 Å². The quantitative estimate of drug-likeness (QED) is 0.547. The zero-order valence-corrected chi connectivity index (χ0v) is 19.1. The molecule has 9 heteroatoms. The lowest BCUT2D eigenvalue weighted by Crippen LogP contribution is -2.49. The number of nitrogens with zero attached hydrogens (tertiary/aromatic N) is 5. The van der Waals surface area contributed by atoms with Crippen LogP contribution in [0.5, 0.6) is 5.75 Å². The summed E-state index contributed by atoms with van der Waals surface area (Å²) in [4.78, 5) is 16.8. The van der Waals surface area contributed by atoms with Crippen molar-refractivity contribution in [3.05, 3.63) is 63.9 Å². The first-order chi connectivity index (χ1) is 15.0. The van der Waals surface area contributed by atoms with Gasteiger partial charge >= 0.3 is 0 Å². The minimum Gasteiger partial charge on any atom is -0.497 e. The van der Waals surface area contributed by atoms with Crippen LogP contribution in [0.1, 0.15) is 10.4 Å². The molecule has 1 saturated heterocycles. The predicted octanol–water partition coefficient (Wildman–Crippen LogP) is 3.70. The molecule has 1 aliphatic rings. The Morgan fingerprint density at radius 1 is 1.06 bits per heavy atom. The summed E-state index contributed by atoms with van der Waals surface area (Å²) in [5.74, 6) is 1.65. The van der Waals surface area contributed by atoms with Crippen molar-refractivity contribution < 1.29 is 9.53 Å². The molecule has 1 amide bonds. The lowest BCUT2D eigenvalue weighted by Gasteiger charge is -2.34. The highest BCUT2D eigenvalue weighted by atomic mass is 35.5. The van der Waals surface area contributed by atoms with Crippen molar-refractivity contribution >= 4 is 29.7 Å². The number of methoxy groups -OCH3 is 1. The number of piperazine rings is 1. The van der Waals surface area contributed by atoms with Crippen molar-refractivity contribution in [3.8, 4) is 17.1 Å². The second kappa shape index (κ2) is 9.21. The lowest BCUT2D eigenvalue weighted by atomic mass is 10.2. The molecular formula is C22H24ClN5O2S. The molecule has 2 aromatic carbocycles. The van der Waals surface area contributed by atoms with Crippen molar-refractivity contribution in [2.24, 2.45) is 7.05 Å². The highest BCUT2D eigenvalue weighted by Crippen LogP contribution is 2.21. The Balaban J connectivity index is 1.41. The Labute approximate surface area is 191 Å². The van der Waals surface area contributed by atoms with Crippen molar-refractivity contribution in [2.75, 3.05) is 33.3 Å². The average Bonchev–Trinajstić information content (AvgIpc) is 3.08. The number of hydrogen-bond donors (Lipinski definition) is 0. The number of amides is 1. The van der Waals surface area contributed by atoms with E-state index in [9.17, 15) is 4.79 Å². The zero-order chi connectivity index (χ0) is 22.0. The van der Waals surface area contributed by atoms with E-state index in [0.29, 0.717) is 35.1 Å². The van der Waals surface area contributed by atoms with Crippen LogP contribution in [-0.4, -0.2) is 63.3 Å². The molecule has 4 rings (SSSR count). The lowest BCUT2D eigenvalue weighted by molar-refractivity contribution is 0.0585. The molecule has 1 aliphatic heterocycles. The van der Waals surface area contributed by atoms with Crippen LogP contribution < -0.4 is 4.74 Å². The molecule has 0 N–H and O–H groups in total. The van der Waals surface area contributed by atoms with Crippen LogP contribution in [0.15, 0.2) is 48.5 Å². The van der Waals surface area contributed by atoms with E-state index >= 15 is 0 Å². The van der Waals surface area contributed by atoms with Crippen LogP contribution >= 0.6 is 23.8 Å². The normalized spacial score (nSPS) is 14.6. The van der Waals surface area contributed by atoms with Crippen molar-refractivity contribution in [1.82, 2.24) is 24.1 Å². The number of benzene rings is 2. The molecule has 0 radical (unpaired) electrons. The maximum absolute atomic E-state index is 12.7. The van der Waals surface area contributed by atoms with Crippen LogP contribution in [0, 0.1) is 4.77 Å². The molecular weight excluding hydrogens is 434 g/mol. The summed E-state index contributed by atoms with van der Waals surface area (Å²) in [5.41, 5.74) is 1.64. The number of aromatic nitrogens is 3. The summed E-state index contributed by atoms with van der Waals surface area (Å²) in [6.45, 7) is 3.43. The summed E-state index contributed by atoms with van der Waals surface area (Å²) < 4.78 is 9.64. The predicted molar refractivity (Wildman–Crippen MR) is 123 cm³/mol. The third-order valence-electron chi connectivity index (χ3n) is 5.47. The number of ether oxygens (including phenoxy) is 1. The van der Waals surface area contributed by atoms with Crippen molar-refractivity contribution in [3.63, 3.8) is 0 Å². The van der Waals surface area contributed by atoms with E-state index in [-0.39, 0.29) is 5.91 Å². The summed E-state index contributed by atoms with van der Waals surface area (Å²) >= 11 is 11.5. The minimum absolute atomic E-state index is 0.0348. The van der Waals surface area contributed by atoms with Crippen molar-refractivity contribution in [1.29, 1.82) is 0 Å². The molecule has 7 nitrogen and oxygen atoms in total. The summed E-state index contributed by atoms with van der Waals surface area (Å²) in [5, 5.41) is 5.37. The summed E-state index contributed by atoms with van der Waals surface area (Å²) in [6.07, 6.45) is 0. The van der Waals surface area contributed by atoms with Gasteiger partial charge in [0.1, 0.15) is 5.75 Å². The number of carbonyl (C=O) groups excluding carboxylic acids is 1. The van der Waals surface area contributed by atoms with Crippen LogP contribution in [0.25, 0.3) is 11.4 Å². The van der Waals surface area contributed by atoms with Gasteiger partial charge in [0.05, 0.1) is 13.8 Å². The highest BCUT2D eigenvalue weighted by Gasteiger charge is 2.23. The number of hydrogen-bond acceptors (Lipinski definition) is 5. The molecule has 0 atom stereocenters. The molecule has 3 aromatic rings. The third kappa shape index (κ3) is 4.66. The van der Waals surface area contributed by atoms with Gasteiger partial charge in [-0.3, -0.25) is 9.69 Å². The Morgan fingerprint density at radius 2 is 1.71 bits per heavy atom. The van der Waals surface area contributed by atoms with E-state index in [1.165, 1.54) is 0 Å². The van der Waals surface area contributed by atoms with E-state index in [1.54, 1.807) is 31.4 Å². The second-order valence-electron chi connectivity index (χ2n) is 7.45. The summed E-state index contributed by atoms with van der Waals surface area (Å²) in [7, 11) is 3.57. The fourth-order valence-corrected chi connectivity index (χ4v) is 3.94. The van der Waals surface area contributed by atoms with Gasteiger partial charge in [0.25, 0.3) is 5.91 Å². The molecule has 2 heterocycles. The topological polar surface area (TPSA) is 55.5 Å². The fraction of sp³-hybridized carbons (Fsp3) is 0.318. The number of carbonyl (C=O) groups is 1. The highest BCUT2D eigenvalue weighted by molar-refractivity contribution is 7.71. The molecule has 0 unspecified atom stereocenters. The molecule has 0 aliphatic carbocycles. The summed E-state index contributed by atoms with van der Waals surface area (Å²) in [6, 6.07) is 14.8. The van der Waals surface area contributed by atoms with Gasteiger partial charge in [-0.05, 0) is 60.7 Å². The smallest absolute Gasteiger partial charge is 0.253 e. The number of rotatable bonds is 5. The Kier molecular flexibility index (Phi) is 6.41. The molecule has 31 heavy (non-hydrogen) atoms. The molecule has 0 spiro atoms. The van der Waals surface area contributed by atoms with Gasteiger partial charge in [0, 0.05) is 49.4 Å². The first-order valence-corrected chi connectivity index (χ1v) is 10.8. The molecule has 1 aromatic heterocycles. The van der Waals surface area contributed by atoms with E-state index in [0.717, 1.165) is 30.2 Å². The molecule has 1 fully saturated rings. The van der Waals surface area contributed by atoms with Gasteiger partial charge in [-0.15, -0.1) is 0 Å². The third-order valence-corrected chi connectivity index (χ3v) is 6.21. The van der Waals surface area contributed by atoms with Crippen molar-refractivity contribution in [2.45, 2.75) is 6.67 Å². The van der Waals surface area contributed by atoms with Gasteiger partial charge in [0.15, 0.2) is 10.6 Å². The Hall–Kier alpha value is -2.68. The van der Waals surface area contributed by atoms with Crippen LogP contribution in [0.4, 0.5) is 0 Å². The number of halogens is 1. The van der Waals surface area contributed by atoms with Gasteiger partial charge in [-0.25, -0.2) is 4.68 Å².